The number of nitrogens with one attached hydrogen (secondary N) is 2. The molecule has 20 heavy (non-hydrogen) atoms. The van der Waals surface area contributed by atoms with Crippen LogP contribution in [0, 0.1) is 5.92 Å². The van der Waals surface area contributed by atoms with Gasteiger partial charge in [0.05, 0.1) is 18.8 Å². The summed E-state index contributed by atoms with van der Waals surface area (Å²) in [6, 6.07) is -1.93. The molecular weight excluding hydrogens is 264 g/mol. The van der Waals surface area contributed by atoms with Crippen LogP contribution in [0.25, 0.3) is 0 Å². The Morgan fingerprint density at radius 2 is 2.15 bits per heavy atom. The number of hydrogen-bond acceptors (Lipinski definition) is 5. The number of aliphatic carboxylic acids is 1. The third-order valence-electron chi connectivity index (χ3n) is 3.46. The molecule has 0 aliphatic carbocycles. The van der Waals surface area contributed by atoms with E-state index in [-0.39, 0.29) is 11.8 Å². The van der Waals surface area contributed by atoms with Crippen molar-refractivity contribution in [3.63, 3.8) is 0 Å². The van der Waals surface area contributed by atoms with Gasteiger partial charge in [-0.15, -0.1) is 0 Å². The smallest absolute Gasteiger partial charge is 0.320 e. The highest BCUT2D eigenvalue weighted by Crippen LogP contribution is 2.26. The zero-order chi connectivity index (χ0) is 15.3. The summed E-state index contributed by atoms with van der Waals surface area (Å²) in [7, 11) is 0. The summed E-state index contributed by atoms with van der Waals surface area (Å²) in [6.45, 7) is 2.62. The summed E-state index contributed by atoms with van der Waals surface area (Å²) >= 11 is 0. The number of aliphatic hydroxyl groups excluding tert-OH is 2. The van der Waals surface area contributed by atoms with Crippen LogP contribution >= 0.6 is 0 Å². The summed E-state index contributed by atoms with van der Waals surface area (Å²) < 4.78 is 0. The van der Waals surface area contributed by atoms with Crippen LogP contribution in [-0.4, -0.2) is 58.0 Å². The Morgan fingerprint density at radius 1 is 1.50 bits per heavy atom. The third-order valence-corrected chi connectivity index (χ3v) is 3.46. The molecule has 0 aromatic rings. The van der Waals surface area contributed by atoms with Gasteiger partial charge in [-0.2, -0.15) is 0 Å². The van der Waals surface area contributed by atoms with Gasteiger partial charge in [-0.3, -0.25) is 14.9 Å². The van der Waals surface area contributed by atoms with Gasteiger partial charge in [-0.1, -0.05) is 12.2 Å². The molecule has 1 heterocycles. The molecule has 0 saturated carbocycles. The number of amides is 1. The van der Waals surface area contributed by atoms with Crippen LogP contribution in [0.5, 0.6) is 0 Å². The van der Waals surface area contributed by atoms with Crippen molar-refractivity contribution in [2.45, 2.75) is 44.5 Å². The van der Waals surface area contributed by atoms with Gasteiger partial charge in [0.1, 0.15) is 6.04 Å². The third kappa shape index (κ3) is 4.03. The van der Waals surface area contributed by atoms with Crippen LogP contribution in [0.1, 0.15) is 20.3 Å². The normalized spacial score (nSPS) is 29.3. The fourth-order valence-electron chi connectivity index (χ4n) is 2.60. The van der Waals surface area contributed by atoms with Crippen molar-refractivity contribution in [1.29, 1.82) is 0 Å². The zero-order valence-corrected chi connectivity index (χ0v) is 11.6. The van der Waals surface area contributed by atoms with E-state index in [2.05, 4.69) is 10.6 Å². The molecule has 0 aromatic heterocycles. The maximum atomic E-state index is 11.2. The van der Waals surface area contributed by atoms with Gasteiger partial charge in [0.15, 0.2) is 0 Å². The number of rotatable bonds is 6. The van der Waals surface area contributed by atoms with E-state index in [9.17, 15) is 14.7 Å². The van der Waals surface area contributed by atoms with E-state index in [4.69, 9.17) is 10.2 Å². The standard InChI is InChI=1S/C13H22N2O5/c1-3-4-8-5-9(13(19)20)15-11(8)12(10(18)6-16)14-7(2)17/h3-4,8-12,15-16,18H,5-6H2,1-2H3,(H,14,17)(H,19,20)/b4-3-/t8-,9+,10-,11+,12-/m0/s1. The average molecular weight is 286 g/mol. The van der Waals surface area contributed by atoms with Crippen LogP contribution in [0.3, 0.4) is 0 Å². The van der Waals surface area contributed by atoms with Crippen molar-refractivity contribution in [3.8, 4) is 0 Å². The van der Waals surface area contributed by atoms with Crippen molar-refractivity contribution in [3.05, 3.63) is 12.2 Å². The number of carbonyl (C=O) groups excluding carboxylic acids is 1. The highest BCUT2D eigenvalue weighted by molar-refractivity contribution is 5.75. The molecule has 0 radical (unpaired) electrons. The molecule has 5 N–H and O–H groups in total. The molecule has 7 heteroatoms. The van der Waals surface area contributed by atoms with E-state index in [1.54, 1.807) is 6.08 Å². The predicted octanol–water partition coefficient (Wildman–Crippen LogP) is -1.15. The second-order valence-corrected chi connectivity index (χ2v) is 4.98. The summed E-state index contributed by atoms with van der Waals surface area (Å²) in [6.07, 6.45) is 2.87. The Hall–Kier alpha value is -1.44. The minimum Gasteiger partial charge on any atom is -0.480 e. The highest BCUT2D eigenvalue weighted by Gasteiger charge is 2.42. The van der Waals surface area contributed by atoms with Crippen LogP contribution in [0.4, 0.5) is 0 Å². The van der Waals surface area contributed by atoms with Gasteiger partial charge < -0.3 is 20.6 Å². The first-order valence-corrected chi connectivity index (χ1v) is 6.58. The number of aliphatic hydroxyl groups is 2. The quantitative estimate of drug-likeness (QED) is 0.393. The van der Waals surface area contributed by atoms with E-state index < -0.39 is 36.8 Å². The summed E-state index contributed by atoms with van der Waals surface area (Å²) in [5, 5.41) is 33.6. The molecule has 114 valence electrons. The Kier molecular flexibility index (Phi) is 6.12. The molecule has 1 fully saturated rings. The van der Waals surface area contributed by atoms with Gasteiger partial charge >= 0.3 is 5.97 Å². The largest absolute Gasteiger partial charge is 0.480 e. The lowest BCUT2D eigenvalue weighted by Gasteiger charge is -2.31. The van der Waals surface area contributed by atoms with E-state index in [1.807, 2.05) is 13.0 Å². The Morgan fingerprint density at radius 3 is 2.60 bits per heavy atom. The van der Waals surface area contributed by atoms with E-state index >= 15 is 0 Å². The zero-order valence-electron chi connectivity index (χ0n) is 11.6. The fraction of sp³-hybridized carbons (Fsp3) is 0.692. The number of hydrogen-bond donors (Lipinski definition) is 5. The minimum atomic E-state index is -1.16. The van der Waals surface area contributed by atoms with Gasteiger partial charge in [0.2, 0.25) is 5.91 Å². The lowest BCUT2D eigenvalue weighted by molar-refractivity contribution is -0.139. The molecule has 7 nitrogen and oxygen atoms in total. The van der Waals surface area contributed by atoms with Gasteiger partial charge in [-0.05, 0) is 19.3 Å². The molecule has 5 atom stereocenters. The lowest BCUT2D eigenvalue weighted by Crippen LogP contribution is -2.57. The first-order chi connectivity index (χ1) is 9.40. The molecule has 0 spiro atoms. The van der Waals surface area contributed by atoms with Crippen LogP contribution in [0.15, 0.2) is 12.2 Å². The number of allylic oxidation sites excluding steroid dienone is 1. The van der Waals surface area contributed by atoms with Crippen molar-refractivity contribution in [2.75, 3.05) is 6.61 Å². The molecule has 1 rings (SSSR count). The molecular formula is C13H22N2O5. The maximum Gasteiger partial charge on any atom is 0.320 e. The molecule has 1 saturated heterocycles. The monoisotopic (exact) mass is 286 g/mol. The van der Waals surface area contributed by atoms with Crippen molar-refractivity contribution in [1.82, 2.24) is 10.6 Å². The second-order valence-electron chi connectivity index (χ2n) is 4.98. The second kappa shape index (κ2) is 7.37. The Balaban J connectivity index is 2.95. The molecule has 0 aromatic carbocycles. The molecule has 1 amide bonds. The van der Waals surface area contributed by atoms with Crippen LogP contribution in [-0.2, 0) is 9.59 Å². The molecule has 0 bridgehead atoms. The van der Waals surface area contributed by atoms with Crippen molar-refractivity contribution < 1.29 is 24.9 Å². The first-order valence-electron chi connectivity index (χ1n) is 6.58. The molecule has 1 aliphatic heterocycles. The molecule has 1 aliphatic rings. The van der Waals surface area contributed by atoms with Crippen molar-refractivity contribution >= 4 is 11.9 Å². The predicted molar refractivity (Wildman–Crippen MR) is 72.0 cm³/mol. The summed E-state index contributed by atoms with van der Waals surface area (Å²) in [5.74, 6) is -1.46. The van der Waals surface area contributed by atoms with Crippen LogP contribution < -0.4 is 10.6 Å². The number of carboxylic acid groups (broad SMARTS) is 1. The lowest BCUT2D eigenvalue weighted by atomic mass is 9.90. The van der Waals surface area contributed by atoms with E-state index in [0.717, 1.165) is 0 Å². The first kappa shape index (κ1) is 16.6. The summed E-state index contributed by atoms with van der Waals surface area (Å²) in [4.78, 5) is 22.3. The van der Waals surface area contributed by atoms with Gasteiger partial charge in [0, 0.05) is 13.0 Å². The van der Waals surface area contributed by atoms with E-state index in [0.29, 0.717) is 6.42 Å². The average Bonchev–Trinajstić information content (AvgIpc) is 2.79. The fourth-order valence-corrected chi connectivity index (χ4v) is 2.60. The minimum absolute atomic E-state index is 0.140. The van der Waals surface area contributed by atoms with Crippen LogP contribution in [0.2, 0.25) is 0 Å². The maximum absolute atomic E-state index is 11.2. The Labute approximate surface area is 117 Å². The molecule has 0 unspecified atom stereocenters. The highest BCUT2D eigenvalue weighted by atomic mass is 16.4. The van der Waals surface area contributed by atoms with E-state index in [1.165, 1.54) is 6.92 Å². The number of carboxylic acids is 1. The summed E-state index contributed by atoms with van der Waals surface area (Å²) in [5.41, 5.74) is 0. The SMILES string of the molecule is C/C=C\[C@H]1C[C@H](C(=O)O)N[C@H]1[C@@H](NC(C)=O)[C@@H](O)CO. The van der Waals surface area contributed by atoms with Gasteiger partial charge in [-0.25, -0.2) is 0 Å². The number of carbonyl (C=O) groups is 2. The topological polar surface area (TPSA) is 119 Å². The Bertz CT molecular complexity index is 385. The van der Waals surface area contributed by atoms with Crippen molar-refractivity contribution in [2.24, 2.45) is 5.92 Å². The van der Waals surface area contributed by atoms with Gasteiger partial charge in [0.25, 0.3) is 0 Å².